The van der Waals surface area contributed by atoms with Gasteiger partial charge in [0.1, 0.15) is 0 Å². The van der Waals surface area contributed by atoms with Gasteiger partial charge in [-0.15, -0.1) is 0 Å². The number of rotatable bonds is 5. The van der Waals surface area contributed by atoms with Gasteiger partial charge in [-0.05, 0) is 60.7 Å². The number of anilines is 1. The highest BCUT2D eigenvalue weighted by atomic mass is 35.5. The van der Waals surface area contributed by atoms with Gasteiger partial charge < -0.3 is 10.6 Å². The zero-order chi connectivity index (χ0) is 19.2. The van der Waals surface area contributed by atoms with E-state index in [4.69, 9.17) is 34.8 Å². The molecular weight excluding hydrogens is 423 g/mol. The number of hydrogen-bond donors (Lipinski definition) is 2. The molecule has 3 nitrogen and oxygen atoms in total. The van der Waals surface area contributed by atoms with Gasteiger partial charge in [0.05, 0.1) is 0 Å². The highest BCUT2D eigenvalue weighted by molar-refractivity contribution is 7.99. The van der Waals surface area contributed by atoms with Crippen molar-refractivity contribution in [1.29, 1.82) is 0 Å². The predicted molar refractivity (Wildman–Crippen MR) is 114 cm³/mol. The molecular formula is C20H15Cl3N2OS. The van der Waals surface area contributed by atoms with Crippen molar-refractivity contribution in [2.75, 3.05) is 5.32 Å². The van der Waals surface area contributed by atoms with Gasteiger partial charge in [0.15, 0.2) is 0 Å². The summed E-state index contributed by atoms with van der Waals surface area (Å²) in [5.41, 5.74) is 1.51. The van der Waals surface area contributed by atoms with E-state index in [-0.39, 0.29) is 6.03 Å². The first kappa shape index (κ1) is 19.9. The van der Waals surface area contributed by atoms with E-state index in [1.165, 1.54) is 0 Å². The Bertz CT molecular complexity index is 931. The van der Waals surface area contributed by atoms with Gasteiger partial charge in [-0.25, -0.2) is 4.79 Å². The Labute approximate surface area is 177 Å². The molecule has 3 aromatic rings. The second-order valence-corrected chi connectivity index (χ2v) is 7.98. The maximum Gasteiger partial charge on any atom is 0.319 e. The van der Waals surface area contributed by atoms with E-state index in [9.17, 15) is 4.79 Å². The first-order valence-corrected chi connectivity index (χ1v) is 9.97. The average Bonchev–Trinajstić information content (AvgIpc) is 2.65. The topological polar surface area (TPSA) is 41.1 Å². The van der Waals surface area contributed by atoms with Crippen molar-refractivity contribution < 1.29 is 4.79 Å². The standard InChI is InChI=1S/C20H15Cl3N2OS/c21-13-4-8-15(9-5-13)25-20(26)24-12-17-18(23)2-1-3-19(17)27-16-10-6-14(22)7-11-16/h1-11H,12H2,(H2,24,25,26). The summed E-state index contributed by atoms with van der Waals surface area (Å²) >= 11 is 19.7. The van der Waals surface area contributed by atoms with Crippen LogP contribution in [0.1, 0.15) is 5.56 Å². The van der Waals surface area contributed by atoms with E-state index >= 15 is 0 Å². The number of hydrogen-bond acceptors (Lipinski definition) is 2. The average molecular weight is 438 g/mol. The molecule has 0 aliphatic heterocycles. The fourth-order valence-corrected chi connectivity index (χ4v) is 3.84. The fraction of sp³-hybridized carbons (Fsp3) is 0.0500. The van der Waals surface area contributed by atoms with Crippen molar-refractivity contribution in [3.8, 4) is 0 Å². The third-order valence-electron chi connectivity index (χ3n) is 3.65. The van der Waals surface area contributed by atoms with Crippen molar-refractivity contribution in [1.82, 2.24) is 5.32 Å². The molecule has 3 aromatic carbocycles. The smallest absolute Gasteiger partial charge is 0.319 e. The van der Waals surface area contributed by atoms with E-state index in [0.717, 1.165) is 15.4 Å². The second-order valence-electron chi connectivity index (χ2n) is 5.59. The van der Waals surface area contributed by atoms with Gasteiger partial charge in [-0.3, -0.25) is 0 Å². The zero-order valence-electron chi connectivity index (χ0n) is 14.0. The molecule has 0 saturated carbocycles. The normalized spacial score (nSPS) is 10.5. The van der Waals surface area contributed by atoms with Crippen molar-refractivity contribution in [2.45, 2.75) is 16.3 Å². The Morgan fingerprint density at radius 1 is 0.852 bits per heavy atom. The molecule has 2 amide bonds. The van der Waals surface area contributed by atoms with Crippen LogP contribution in [0.15, 0.2) is 76.5 Å². The highest BCUT2D eigenvalue weighted by Crippen LogP contribution is 2.34. The summed E-state index contributed by atoms with van der Waals surface area (Å²) in [6.45, 7) is 0.301. The van der Waals surface area contributed by atoms with E-state index in [1.54, 1.807) is 36.0 Å². The largest absolute Gasteiger partial charge is 0.334 e. The third kappa shape index (κ3) is 5.81. The van der Waals surface area contributed by atoms with Crippen molar-refractivity contribution >= 4 is 58.3 Å². The molecule has 0 bridgehead atoms. The Kier molecular flexibility index (Phi) is 6.91. The van der Waals surface area contributed by atoms with Gasteiger partial charge >= 0.3 is 6.03 Å². The Morgan fingerprint density at radius 2 is 1.48 bits per heavy atom. The van der Waals surface area contributed by atoms with Gasteiger partial charge in [0.2, 0.25) is 0 Å². The van der Waals surface area contributed by atoms with Crippen LogP contribution in [0.3, 0.4) is 0 Å². The first-order chi connectivity index (χ1) is 13.0. The maximum absolute atomic E-state index is 12.2. The minimum atomic E-state index is -0.320. The summed E-state index contributed by atoms with van der Waals surface area (Å²) < 4.78 is 0. The van der Waals surface area contributed by atoms with E-state index in [0.29, 0.717) is 27.3 Å². The van der Waals surface area contributed by atoms with Crippen LogP contribution < -0.4 is 10.6 Å². The van der Waals surface area contributed by atoms with Crippen LogP contribution in [0.2, 0.25) is 15.1 Å². The highest BCUT2D eigenvalue weighted by Gasteiger charge is 2.11. The van der Waals surface area contributed by atoms with Crippen LogP contribution in [-0.2, 0) is 6.54 Å². The fourth-order valence-electron chi connectivity index (χ4n) is 2.31. The molecule has 2 N–H and O–H groups in total. The van der Waals surface area contributed by atoms with E-state index in [2.05, 4.69) is 10.6 Å². The molecule has 0 saturated heterocycles. The van der Waals surface area contributed by atoms with E-state index < -0.39 is 0 Å². The number of carbonyl (C=O) groups excluding carboxylic acids is 1. The number of amides is 2. The van der Waals surface area contributed by atoms with Crippen LogP contribution in [-0.4, -0.2) is 6.03 Å². The van der Waals surface area contributed by atoms with Crippen LogP contribution in [0.5, 0.6) is 0 Å². The molecule has 3 rings (SSSR count). The molecule has 0 aromatic heterocycles. The number of nitrogens with one attached hydrogen (secondary N) is 2. The van der Waals surface area contributed by atoms with Crippen molar-refractivity contribution in [2.24, 2.45) is 0 Å². The Morgan fingerprint density at radius 3 is 2.15 bits per heavy atom. The lowest BCUT2D eigenvalue weighted by Gasteiger charge is -2.13. The Hall–Kier alpha value is -1.85. The summed E-state index contributed by atoms with van der Waals surface area (Å²) in [5, 5.41) is 7.49. The maximum atomic E-state index is 12.2. The molecule has 138 valence electrons. The predicted octanol–water partition coefficient (Wildman–Crippen LogP) is 7.12. The quantitative estimate of drug-likeness (QED) is 0.446. The first-order valence-electron chi connectivity index (χ1n) is 8.02. The molecule has 7 heteroatoms. The van der Waals surface area contributed by atoms with Crippen LogP contribution in [0.4, 0.5) is 10.5 Å². The number of halogens is 3. The molecule has 0 aliphatic rings. The molecule has 0 unspecified atom stereocenters. The van der Waals surface area contributed by atoms with Gasteiger partial charge in [-0.2, -0.15) is 0 Å². The molecule has 0 radical (unpaired) electrons. The van der Waals surface area contributed by atoms with Gasteiger partial charge in [-0.1, -0.05) is 52.6 Å². The van der Waals surface area contributed by atoms with Crippen LogP contribution in [0, 0.1) is 0 Å². The second kappa shape index (κ2) is 9.38. The zero-order valence-corrected chi connectivity index (χ0v) is 17.1. The van der Waals surface area contributed by atoms with Gasteiger partial charge in [0.25, 0.3) is 0 Å². The lowest BCUT2D eigenvalue weighted by Crippen LogP contribution is -2.28. The third-order valence-corrected chi connectivity index (χ3v) is 5.61. The minimum absolute atomic E-state index is 0.301. The van der Waals surface area contributed by atoms with Crippen LogP contribution in [0.25, 0.3) is 0 Å². The molecule has 0 heterocycles. The number of urea groups is 1. The minimum Gasteiger partial charge on any atom is -0.334 e. The summed E-state index contributed by atoms with van der Waals surface area (Å²) in [7, 11) is 0. The van der Waals surface area contributed by atoms with Crippen molar-refractivity contribution in [3.63, 3.8) is 0 Å². The summed E-state index contributed by atoms with van der Waals surface area (Å²) in [6.07, 6.45) is 0. The summed E-state index contributed by atoms with van der Waals surface area (Å²) in [4.78, 5) is 14.2. The number of benzene rings is 3. The molecule has 0 atom stereocenters. The number of carbonyl (C=O) groups is 1. The van der Waals surface area contributed by atoms with E-state index in [1.807, 2.05) is 42.5 Å². The lowest BCUT2D eigenvalue weighted by atomic mass is 10.2. The SMILES string of the molecule is O=C(NCc1c(Cl)cccc1Sc1ccc(Cl)cc1)Nc1ccc(Cl)cc1. The molecule has 0 aliphatic carbocycles. The van der Waals surface area contributed by atoms with Gasteiger partial charge in [0, 0.05) is 42.7 Å². The van der Waals surface area contributed by atoms with Crippen molar-refractivity contribution in [3.05, 3.63) is 87.4 Å². The molecule has 27 heavy (non-hydrogen) atoms. The van der Waals surface area contributed by atoms with Crippen LogP contribution >= 0.6 is 46.6 Å². The lowest BCUT2D eigenvalue weighted by molar-refractivity contribution is 0.251. The molecule has 0 fully saturated rings. The summed E-state index contributed by atoms with van der Waals surface area (Å²) in [5.74, 6) is 0. The Balaban J connectivity index is 1.67. The monoisotopic (exact) mass is 436 g/mol. The summed E-state index contributed by atoms with van der Waals surface area (Å²) in [6, 6.07) is 19.8. The molecule has 0 spiro atoms.